The summed E-state index contributed by atoms with van der Waals surface area (Å²) in [4.78, 5) is 0. The largest absolute Gasteiger partial charge is 0.496 e. The smallest absolute Gasteiger partial charge is 0.122 e. The van der Waals surface area contributed by atoms with Crippen molar-refractivity contribution in [3.8, 4) is 5.75 Å². The van der Waals surface area contributed by atoms with Crippen molar-refractivity contribution in [2.75, 3.05) is 14.2 Å². The molecular formula is C16H25NO. The number of ether oxygens (including phenoxy) is 1. The molecule has 2 rings (SSSR count). The average molecular weight is 247 g/mol. The quantitative estimate of drug-likeness (QED) is 0.883. The zero-order valence-electron chi connectivity index (χ0n) is 12.2. The molecule has 1 aliphatic rings. The number of benzene rings is 1. The average Bonchev–Trinajstić information content (AvgIpc) is 2.69. The van der Waals surface area contributed by atoms with Crippen LogP contribution < -0.4 is 10.1 Å². The Hall–Kier alpha value is -1.02. The van der Waals surface area contributed by atoms with Gasteiger partial charge in [0.25, 0.3) is 0 Å². The van der Waals surface area contributed by atoms with Crippen LogP contribution >= 0.6 is 0 Å². The third kappa shape index (κ3) is 2.26. The van der Waals surface area contributed by atoms with Crippen molar-refractivity contribution in [3.05, 3.63) is 28.8 Å². The van der Waals surface area contributed by atoms with Gasteiger partial charge < -0.3 is 10.1 Å². The Labute approximate surface area is 111 Å². The Morgan fingerprint density at radius 2 is 1.94 bits per heavy atom. The highest BCUT2D eigenvalue weighted by Crippen LogP contribution is 2.44. The van der Waals surface area contributed by atoms with Crippen LogP contribution in [-0.2, 0) is 0 Å². The molecule has 1 aliphatic carbocycles. The van der Waals surface area contributed by atoms with Gasteiger partial charge in [-0.05, 0) is 62.8 Å². The molecule has 0 spiro atoms. The summed E-state index contributed by atoms with van der Waals surface area (Å²) in [6.07, 6.45) is 2.52. The highest BCUT2D eigenvalue weighted by molar-refractivity contribution is 5.46. The van der Waals surface area contributed by atoms with Crippen molar-refractivity contribution < 1.29 is 4.74 Å². The van der Waals surface area contributed by atoms with E-state index in [1.807, 2.05) is 0 Å². The molecule has 0 aromatic heterocycles. The molecule has 1 saturated carbocycles. The van der Waals surface area contributed by atoms with E-state index in [4.69, 9.17) is 4.74 Å². The van der Waals surface area contributed by atoms with Gasteiger partial charge in [-0.3, -0.25) is 0 Å². The van der Waals surface area contributed by atoms with Crippen LogP contribution in [0.3, 0.4) is 0 Å². The first-order valence-electron chi connectivity index (χ1n) is 6.90. The Morgan fingerprint density at radius 3 is 2.50 bits per heavy atom. The van der Waals surface area contributed by atoms with Crippen LogP contribution in [0.5, 0.6) is 5.75 Å². The number of hydrogen-bond acceptors (Lipinski definition) is 2. The molecule has 1 aromatic rings. The second kappa shape index (κ2) is 5.31. The second-order valence-electron chi connectivity index (χ2n) is 5.64. The lowest BCUT2D eigenvalue weighted by molar-refractivity contribution is 0.386. The van der Waals surface area contributed by atoms with Crippen molar-refractivity contribution in [3.63, 3.8) is 0 Å². The van der Waals surface area contributed by atoms with Gasteiger partial charge in [-0.25, -0.2) is 0 Å². The monoisotopic (exact) mass is 247 g/mol. The lowest BCUT2D eigenvalue weighted by atomic mass is 9.85. The molecule has 2 nitrogen and oxygen atoms in total. The molecule has 18 heavy (non-hydrogen) atoms. The topological polar surface area (TPSA) is 21.3 Å². The molecule has 0 bridgehead atoms. The molecule has 100 valence electrons. The molecule has 2 heteroatoms. The molecule has 3 atom stereocenters. The maximum atomic E-state index is 5.62. The normalized spacial score (nSPS) is 27.5. The summed E-state index contributed by atoms with van der Waals surface area (Å²) >= 11 is 0. The summed E-state index contributed by atoms with van der Waals surface area (Å²) in [6.45, 7) is 6.70. The second-order valence-corrected chi connectivity index (χ2v) is 5.64. The van der Waals surface area contributed by atoms with E-state index in [0.717, 1.165) is 5.75 Å². The number of methoxy groups -OCH3 is 1. The first kappa shape index (κ1) is 13.4. The van der Waals surface area contributed by atoms with Gasteiger partial charge in [-0.2, -0.15) is 0 Å². The molecule has 0 aliphatic heterocycles. The fourth-order valence-corrected chi connectivity index (χ4v) is 3.56. The standard InChI is InChI=1S/C16H25NO/c1-10-8-11(2)16(15(9-10)18-5)13-6-7-14(17-4)12(13)3/h8-9,12-14,17H,6-7H2,1-5H3. The molecule has 0 heterocycles. The van der Waals surface area contributed by atoms with Gasteiger partial charge in [0.1, 0.15) is 5.75 Å². The summed E-state index contributed by atoms with van der Waals surface area (Å²) in [5, 5.41) is 3.44. The van der Waals surface area contributed by atoms with Crippen molar-refractivity contribution in [2.45, 2.75) is 45.6 Å². The summed E-state index contributed by atoms with van der Waals surface area (Å²) in [6, 6.07) is 5.08. The Kier molecular flexibility index (Phi) is 3.96. The lowest BCUT2D eigenvalue weighted by Gasteiger charge is -2.24. The molecule has 1 aromatic carbocycles. The predicted molar refractivity (Wildman–Crippen MR) is 76.5 cm³/mol. The Bertz CT molecular complexity index is 427. The Morgan fingerprint density at radius 1 is 1.22 bits per heavy atom. The van der Waals surface area contributed by atoms with E-state index in [9.17, 15) is 0 Å². The van der Waals surface area contributed by atoms with Crippen LogP contribution in [0.15, 0.2) is 12.1 Å². The molecular weight excluding hydrogens is 222 g/mol. The van der Waals surface area contributed by atoms with E-state index in [-0.39, 0.29) is 0 Å². The van der Waals surface area contributed by atoms with Crippen molar-refractivity contribution >= 4 is 0 Å². The van der Waals surface area contributed by atoms with Crippen LogP contribution in [-0.4, -0.2) is 20.2 Å². The van der Waals surface area contributed by atoms with Crippen molar-refractivity contribution in [2.24, 2.45) is 5.92 Å². The van der Waals surface area contributed by atoms with Gasteiger partial charge in [0.05, 0.1) is 7.11 Å². The highest BCUT2D eigenvalue weighted by Gasteiger charge is 2.35. The van der Waals surface area contributed by atoms with E-state index < -0.39 is 0 Å². The van der Waals surface area contributed by atoms with E-state index in [0.29, 0.717) is 17.9 Å². The summed E-state index contributed by atoms with van der Waals surface area (Å²) in [5.74, 6) is 2.37. The SMILES string of the molecule is CNC1CCC(c2c(C)cc(C)cc2OC)C1C. The van der Waals surface area contributed by atoms with Gasteiger partial charge in [0.15, 0.2) is 0 Å². The minimum Gasteiger partial charge on any atom is -0.496 e. The summed E-state index contributed by atoms with van der Waals surface area (Å²) in [7, 11) is 3.86. The number of nitrogens with one attached hydrogen (secondary N) is 1. The molecule has 0 saturated heterocycles. The summed E-state index contributed by atoms with van der Waals surface area (Å²) < 4.78 is 5.62. The van der Waals surface area contributed by atoms with Crippen molar-refractivity contribution in [1.82, 2.24) is 5.32 Å². The number of aryl methyl sites for hydroxylation is 2. The van der Waals surface area contributed by atoms with Gasteiger partial charge in [0.2, 0.25) is 0 Å². The number of rotatable bonds is 3. The van der Waals surface area contributed by atoms with E-state index in [2.05, 4.69) is 45.3 Å². The van der Waals surface area contributed by atoms with E-state index in [1.54, 1.807) is 7.11 Å². The fourth-order valence-electron chi connectivity index (χ4n) is 3.56. The third-order valence-electron chi connectivity index (χ3n) is 4.51. The zero-order valence-corrected chi connectivity index (χ0v) is 12.2. The van der Waals surface area contributed by atoms with Crippen LogP contribution in [0.4, 0.5) is 0 Å². The van der Waals surface area contributed by atoms with E-state index in [1.165, 1.54) is 29.5 Å². The van der Waals surface area contributed by atoms with Gasteiger partial charge in [-0.1, -0.05) is 13.0 Å². The van der Waals surface area contributed by atoms with E-state index >= 15 is 0 Å². The first-order valence-corrected chi connectivity index (χ1v) is 6.90. The van der Waals surface area contributed by atoms with Gasteiger partial charge in [-0.15, -0.1) is 0 Å². The maximum absolute atomic E-state index is 5.62. The van der Waals surface area contributed by atoms with Gasteiger partial charge >= 0.3 is 0 Å². The zero-order chi connectivity index (χ0) is 13.3. The first-order chi connectivity index (χ1) is 8.58. The van der Waals surface area contributed by atoms with Gasteiger partial charge in [0, 0.05) is 11.6 Å². The molecule has 3 unspecified atom stereocenters. The minimum absolute atomic E-state index is 0.623. The Balaban J connectivity index is 2.39. The third-order valence-corrected chi connectivity index (χ3v) is 4.51. The van der Waals surface area contributed by atoms with Crippen molar-refractivity contribution in [1.29, 1.82) is 0 Å². The predicted octanol–water partition coefficient (Wildman–Crippen LogP) is 3.41. The van der Waals surface area contributed by atoms with Crippen LogP contribution in [0.2, 0.25) is 0 Å². The molecule has 1 N–H and O–H groups in total. The highest BCUT2D eigenvalue weighted by atomic mass is 16.5. The summed E-state index contributed by atoms with van der Waals surface area (Å²) in [5.41, 5.74) is 4.08. The fraction of sp³-hybridized carbons (Fsp3) is 0.625. The maximum Gasteiger partial charge on any atom is 0.122 e. The molecule has 1 fully saturated rings. The lowest BCUT2D eigenvalue weighted by Crippen LogP contribution is -2.29. The molecule has 0 radical (unpaired) electrons. The van der Waals surface area contributed by atoms with Crippen LogP contribution in [0.25, 0.3) is 0 Å². The minimum atomic E-state index is 0.623. The van der Waals surface area contributed by atoms with Crippen LogP contribution in [0.1, 0.15) is 42.4 Å². The molecule has 0 amide bonds. The van der Waals surface area contributed by atoms with Crippen LogP contribution in [0, 0.1) is 19.8 Å². The number of hydrogen-bond donors (Lipinski definition) is 1.